The largest absolute Gasteiger partial charge is 0.460 e. The maximum absolute atomic E-state index is 11.8. The molecule has 14 nitrogen and oxygen atoms in total. The molecule has 0 aromatic rings. The summed E-state index contributed by atoms with van der Waals surface area (Å²) in [7, 11) is 0. The molecule has 260 valence electrons. The molecule has 14 heteroatoms. The van der Waals surface area contributed by atoms with Crippen LogP contribution in [-0.2, 0) is 52.3 Å². The van der Waals surface area contributed by atoms with Crippen molar-refractivity contribution in [1.29, 1.82) is 0 Å². The third kappa shape index (κ3) is 30.8. The summed E-state index contributed by atoms with van der Waals surface area (Å²) in [4.78, 5) is 45.5. The van der Waals surface area contributed by atoms with E-state index in [1.165, 1.54) is 0 Å². The minimum Gasteiger partial charge on any atom is -0.460 e. The Balaban J connectivity index is 3.38. The molecule has 0 rings (SSSR count). The van der Waals surface area contributed by atoms with E-state index in [1.807, 2.05) is 13.8 Å². The minimum absolute atomic E-state index is 0.0191. The lowest BCUT2D eigenvalue weighted by molar-refractivity contribution is -0.142. The van der Waals surface area contributed by atoms with Crippen LogP contribution >= 0.6 is 0 Å². The second-order valence-electron chi connectivity index (χ2n) is 9.84. The van der Waals surface area contributed by atoms with Crippen LogP contribution in [0.2, 0.25) is 0 Å². The average molecular weight is 647 g/mol. The van der Waals surface area contributed by atoms with Crippen LogP contribution in [0.5, 0.6) is 0 Å². The fourth-order valence-corrected chi connectivity index (χ4v) is 3.31. The summed E-state index contributed by atoms with van der Waals surface area (Å²) in [5.41, 5.74) is 0. The van der Waals surface area contributed by atoms with Gasteiger partial charge in [0, 0.05) is 51.7 Å². The lowest BCUT2D eigenvalue weighted by atomic mass is 10.2. The van der Waals surface area contributed by atoms with Crippen molar-refractivity contribution in [3.63, 3.8) is 0 Å². The number of rotatable bonds is 31. The molecule has 0 saturated heterocycles. The van der Waals surface area contributed by atoms with Crippen molar-refractivity contribution in [3.05, 3.63) is 25.3 Å². The van der Waals surface area contributed by atoms with Gasteiger partial charge in [0.25, 0.3) is 0 Å². The van der Waals surface area contributed by atoms with Crippen molar-refractivity contribution in [2.75, 3.05) is 85.8 Å². The quantitative estimate of drug-likeness (QED) is 0.0490. The number of nitrogens with one attached hydrogen (secondary N) is 2. The molecule has 0 fully saturated rings. The fourth-order valence-electron chi connectivity index (χ4n) is 3.31. The van der Waals surface area contributed by atoms with Gasteiger partial charge in [-0.25, -0.2) is 14.4 Å². The van der Waals surface area contributed by atoms with Gasteiger partial charge in [-0.1, -0.05) is 26.0 Å². The molecule has 2 unspecified atom stereocenters. The molecule has 0 bridgehead atoms. The van der Waals surface area contributed by atoms with E-state index in [0.29, 0.717) is 72.2 Å². The van der Waals surface area contributed by atoms with Gasteiger partial charge in [-0.2, -0.15) is 0 Å². The highest BCUT2D eigenvalue weighted by molar-refractivity contribution is 5.81. The third-order valence-corrected chi connectivity index (χ3v) is 5.69. The van der Waals surface area contributed by atoms with Gasteiger partial charge in [-0.05, 0) is 39.5 Å². The standard InChI is InChI=1S/C31H54N2O12/c1-5-29(35)44-23-26(3)41-17-11-15-38-19-20-40-25-28(34)32-13-9-7-8-10-14-33-31(37)43-22-21-39-16-12-18-42-27(4)24-45-30(36)6-2/h5-6,26-27H,1-2,7-25H2,3-4H3,(H,32,34)(H,33,37). The van der Waals surface area contributed by atoms with Crippen LogP contribution in [0.15, 0.2) is 25.3 Å². The summed E-state index contributed by atoms with van der Waals surface area (Å²) in [6, 6.07) is 0. The SMILES string of the molecule is C=CC(=O)OCC(C)OCCCOCCOCC(=O)NCCCCCCNC(=O)OCCOCCCOC(C)COC(=O)C=C. The van der Waals surface area contributed by atoms with Gasteiger partial charge in [0.2, 0.25) is 5.91 Å². The Hall–Kier alpha value is -3.04. The van der Waals surface area contributed by atoms with Gasteiger partial charge >= 0.3 is 18.0 Å². The highest BCUT2D eigenvalue weighted by atomic mass is 16.6. The Morgan fingerprint density at radius 2 is 1.07 bits per heavy atom. The number of esters is 2. The van der Waals surface area contributed by atoms with Crippen LogP contribution in [0.25, 0.3) is 0 Å². The summed E-state index contributed by atoms with van der Waals surface area (Å²) >= 11 is 0. The Bertz CT molecular complexity index is 811. The summed E-state index contributed by atoms with van der Waals surface area (Å²) in [6.45, 7) is 14.7. The van der Waals surface area contributed by atoms with E-state index in [4.69, 9.17) is 37.9 Å². The number of amides is 2. The van der Waals surface area contributed by atoms with Crippen molar-refractivity contribution in [3.8, 4) is 0 Å². The molecule has 0 saturated carbocycles. The Morgan fingerprint density at radius 1 is 0.578 bits per heavy atom. The first-order chi connectivity index (χ1) is 21.8. The van der Waals surface area contributed by atoms with Crippen LogP contribution in [-0.4, -0.2) is 122 Å². The molecule has 2 N–H and O–H groups in total. The molecule has 45 heavy (non-hydrogen) atoms. The molecule has 0 aliphatic carbocycles. The van der Waals surface area contributed by atoms with Crippen molar-refractivity contribution < 1.29 is 57.1 Å². The molecule has 0 aliphatic heterocycles. The first kappa shape index (κ1) is 42.0. The lowest BCUT2D eigenvalue weighted by Crippen LogP contribution is -2.29. The predicted molar refractivity (Wildman–Crippen MR) is 166 cm³/mol. The molecule has 0 radical (unpaired) electrons. The van der Waals surface area contributed by atoms with Crippen LogP contribution in [0.1, 0.15) is 52.4 Å². The third-order valence-electron chi connectivity index (χ3n) is 5.69. The predicted octanol–water partition coefficient (Wildman–Crippen LogP) is 2.49. The van der Waals surface area contributed by atoms with E-state index < -0.39 is 18.0 Å². The Labute approximate surface area is 267 Å². The number of carbonyl (C=O) groups excluding carboxylic acids is 4. The van der Waals surface area contributed by atoms with Crippen LogP contribution in [0.3, 0.4) is 0 Å². The summed E-state index contributed by atoms with van der Waals surface area (Å²) in [6.07, 6.45) is 6.15. The van der Waals surface area contributed by atoms with Gasteiger partial charge in [0.05, 0.1) is 32.0 Å². The van der Waals surface area contributed by atoms with Crippen molar-refractivity contribution in [2.45, 2.75) is 64.6 Å². The molecular weight excluding hydrogens is 592 g/mol. The van der Waals surface area contributed by atoms with Crippen molar-refractivity contribution in [2.24, 2.45) is 0 Å². The summed E-state index contributed by atoms with van der Waals surface area (Å²) in [5, 5.41) is 5.52. The maximum Gasteiger partial charge on any atom is 0.407 e. The highest BCUT2D eigenvalue weighted by Gasteiger charge is 2.07. The number of carbonyl (C=O) groups is 4. The summed E-state index contributed by atoms with van der Waals surface area (Å²) in [5.74, 6) is -1.12. The summed E-state index contributed by atoms with van der Waals surface area (Å²) < 4.78 is 42.0. The van der Waals surface area contributed by atoms with Gasteiger partial charge < -0.3 is 48.5 Å². The molecule has 2 amide bonds. The second kappa shape index (κ2) is 31.0. The smallest absolute Gasteiger partial charge is 0.407 e. The minimum atomic E-state index is -0.480. The normalized spacial score (nSPS) is 12.0. The van der Waals surface area contributed by atoms with Gasteiger partial charge in [0.15, 0.2) is 0 Å². The fraction of sp³-hybridized carbons (Fsp3) is 0.742. The molecule has 0 spiro atoms. The molecule has 0 aromatic heterocycles. The zero-order valence-corrected chi connectivity index (χ0v) is 27.1. The Kier molecular flexibility index (Phi) is 28.9. The monoisotopic (exact) mass is 646 g/mol. The topological polar surface area (TPSA) is 166 Å². The zero-order valence-electron chi connectivity index (χ0n) is 27.1. The van der Waals surface area contributed by atoms with E-state index in [-0.39, 0.29) is 44.5 Å². The number of unbranched alkanes of at least 4 members (excludes halogenated alkanes) is 3. The number of ether oxygens (including phenoxy) is 8. The van der Waals surface area contributed by atoms with Gasteiger partial charge in [-0.3, -0.25) is 4.79 Å². The first-order valence-corrected chi connectivity index (χ1v) is 15.5. The zero-order chi connectivity index (χ0) is 33.4. The molecule has 0 heterocycles. The van der Waals surface area contributed by atoms with Crippen LogP contribution < -0.4 is 10.6 Å². The van der Waals surface area contributed by atoms with Crippen molar-refractivity contribution in [1.82, 2.24) is 10.6 Å². The molecule has 2 atom stereocenters. The van der Waals surface area contributed by atoms with Crippen LogP contribution in [0.4, 0.5) is 4.79 Å². The van der Waals surface area contributed by atoms with E-state index in [1.54, 1.807) is 0 Å². The Morgan fingerprint density at radius 3 is 1.60 bits per heavy atom. The number of alkyl carbamates (subject to hydrolysis) is 1. The van der Waals surface area contributed by atoms with E-state index in [2.05, 4.69) is 23.8 Å². The number of hydrogen-bond acceptors (Lipinski definition) is 12. The van der Waals surface area contributed by atoms with Crippen LogP contribution in [0, 0.1) is 0 Å². The maximum atomic E-state index is 11.8. The second-order valence-corrected chi connectivity index (χ2v) is 9.84. The molecular formula is C31H54N2O12. The molecule has 0 aliphatic rings. The highest BCUT2D eigenvalue weighted by Crippen LogP contribution is 1.99. The van der Waals surface area contributed by atoms with E-state index >= 15 is 0 Å². The van der Waals surface area contributed by atoms with E-state index in [0.717, 1.165) is 37.8 Å². The number of hydrogen-bond donors (Lipinski definition) is 2. The first-order valence-electron chi connectivity index (χ1n) is 15.5. The average Bonchev–Trinajstić information content (AvgIpc) is 3.03. The van der Waals surface area contributed by atoms with Gasteiger partial charge in [-0.15, -0.1) is 0 Å². The molecule has 0 aromatic carbocycles. The van der Waals surface area contributed by atoms with E-state index in [9.17, 15) is 19.2 Å². The lowest BCUT2D eigenvalue weighted by Gasteiger charge is -2.12. The van der Waals surface area contributed by atoms with Gasteiger partial charge in [0.1, 0.15) is 26.4 Å². The van der Waals surface area contributed by atoms with Crippen molar-refractivity contribution >= 4 is 23.9 Å².